The van der Waals surface area contributed by atoms with Crippen molar-refractivity contribution in [3.05, 3.63) is 75.6 Å². The number of carbonyl (C=O) groups is 2. The summed E-state index contributed by atoms with van der Waals surface area (Å²) in [4.78, 5) is 36.3. The molecule has 1 heterocycles. The van der Waals surface area contributed by atoms with Gasteiger partial charge in [0.25, 0.3) is 5.91 Å². The lowest BCUT2D eigenvalue weighted by Gasteiger charge is -2.19. The summed E-state index contributed by atoms with van der Waals surface area (Å²) in [7, 11) is 0. The van der Waals surface area contributed by atoms with Gasteiger partial charge in [-0.05, 0) is 49.4 Å². The summed E-state index contributed by atoms with van der Waals surface area (Å²) in [5.41, 5.74) is 2.66. The van der Waals surface area contributed by atoms with E-state index in [2.05, 4.69) is 5.32 Å². The van der Waals surface area contributed by atoms with E-state index in [1.54, 1.807) is 19.1 Å². The Labute approximate surface area is 178 Å². The molecule has 2 atom stereocenters. The highest BCUT2D eigenvalue weighted by Crippen LogP contribution is 2.29. The van der Waals surface area contributed by atoms with Gasteiger partial charge in [-0.15, -0.1) is 0 Å². The maximum atomic E-state index is 12.6. The zero-order chi connectivity index (χ0) is 22.0. The third-order valence-electron chi connectivity index (χ3n) is 5.52. The van der Waals surface area contributed by atoms with Gasteiger partial charge in [-0.2, -0.15) is 0 Å². The second-order valence-electron chi connectivity index (χ2n) is 7.71. The zero-order valence-electron chi connectivity index (χ0n) is 17.1. The number of nitrogens with one attached hydrogen (secondary N) is 1. The number of carbonyl (C=O) groups excluding carboxylic acids is 1. The highest BCUT2D eigenvalue weighted by Gasteiger charge is 2.25. The van der Waals surface area contributed by atoms with Crippen LogP contribution in [0.5, 0.6) is 5.75 Å². The molecule has 0 radical (unpaired) electrons. The van der Waals surface area contributed by atoms with Gasteiger partial charge in [0.1, 0.15) is 17.4 Å². The molecule has 0 unspecified atom stereocenters. The molecular weight excluding hydrogens is 398 g/mol. The number of amides is 1. The molecule has 3 aromatic rings. The Bertz CT molecular complexity index is 1180. The van der Waals surface area contributed by atoms with Crippen molar-refractivity contribution in [2.24, 2.45) is 0 Å². The molecule has 7 nitrogen and oxygen atoms in total. The summed E-state index contributed by atoms with van der Waals surface area (Å²) >= 11 is 0. The van der Waals surface area contributed by atoms with Crippen LogP contribution in [0, 0.1) is 0 Å². The van der Waals surface area contributed by atoms with Crippen molar-refractivity contribution >= 4 is 22.8 Å². The average molecular weight is 421 g/mol. The van der Waals surface area contributed by atoms with Crippen LogP contribution in [0.1, 0.15) is 30.0 Å². The highest BCUT2D eigenvalue weighted by atomic mass is 16.5. The number of carboxylic acids is 1. The molecule has 31 heavy (non-hydrogen) atoms. The van der Waals surface area contributed by atoms with Gasteiger partial charge in [0.15, 0.2) is 6.10 Å². The summed E-state index contributed by atoms with van der Waals surface area (Å²) in [5.74, 6) is -1.30. The van der Waals surface area contributed by atoms with E-state index in [0.29, 0.717) is 11.3 Å². The molecule has 1 aromatic heterocycles. The van der Waals surface area contributed by atoms with Crippen LogP contribution in [-0.4, -0.2) is 29.1 Å². The van der Waals surface area contributed by atoms with Crippen molar-refractivity contribution in [1.29, 1.82) is 0 Å². The molecule has 1 aliphatic carbocycles. The summed E-state index contributed by atoms with van der Waals surface area (Å²) in [5, 5.41) is 12.9. The Kier molecular flexibility index (Phi) is 5.75. The van der Waals surface area contributed by atoms with Gasteiger partial charge < -0.3 is 19.6 Å². The fraction of sp³-hybridized carbons (Fsp3) is 0.292. The molecule has 0 fully saturated rings. The van der Waals surface area contributed by atoms with E-state index < -0.39 is 24.0 Å². The number of ether oxygens (including phenoxy) is 1. The number of rotatable bonds is 7. The second kappa shape index (κ2) is 8.63. The first-order valence-corrected chi connectivity index (χ1v) is 10.2. The summed E-state index contributed by atoms with van der Waals surface area (Å²) in [6.45, 7) is 1.54. The van der Waals surface area contributed by atoms with Crippen LogP contribution in [0.15, 0.2) is 57.7 Å². The number of fused-ring (bicyclic) bond motifs is 3. The highest BCUT2D eigenvalue weighted by molar-refractivity contribution is 5.87. The number of aliphatic carboxylic acids is 1. The Balaban J connectivity index is 1.46. The molecule has 0 saturated heterocycles. The number of hydrogen-bond acceptors (Lipinski definition) is 5. The number of benzene rings is 2. The summed E-state index contributed by atoms with van der Waals surface area (Å²) in [6, 6.07) is 13.2. The van der Waals surface area contributed by atoms with Gasteiger partial charge in [0.2, 0.25) is 0 Å². The average Bonchev–Trinajstić information content (AvgIpc) is 3.24. The van der Waals surface area contributed by atoms with Crippen LogP contribution in [0.2, 0.25) is 0 Å². The molecule has 1 aliphatic rings. The van der Waals surface area contributed by atoms with E-state index in [9.17, 15) is 19.5 Å². The van der Waals surface area contributed by atoms with Crippen LogP contribution in [0.3, 0.4) is 0 Å². The molecule has 0 bridgehead atoms. The van der Waals surface area contributed by atoms with Gasteiger partial charge in [-0.1, -0.05) is 30.3 Å². The number of aryl methyl sites for hydroxylation is 1. The van der Waals surface area contributed by atoms with E-state index >= 15 is 0 Å². The van der Waals surface area contributed by atoms with Crippen molar-refractivity contribution in [3.8, 4) is 5.75 Å². The topological polar surface area (TPSA) is 106 Å². The maximum absolute atomic E-state index is 12.6. The lowest BCUT2D eigenvalue weighted by Crippen LogP contribution is -2.47. The minimum Gasteiger partial charge on any atom is -0.481 e. The summed E-state index contributed by atoms with van der Waals surface area (Å²) < 4.78 is 11.1. The fourth-order valence-electron chi connectivity index (χ4n) is 3.93. The van der Waals surface area contributed by atoms with Crippen LogP contribution in [-0.2, 0) is 28.9 Å². The Morgan fingerprint density at radius 2 is 1.87 bits per heavy atom. The molecule has 7 heteroatoms. The molecule has 0 aliphatic heterocycles. The first-order valence-electron chi connectivity index (χ1n) is 10.2. The zero-order valence-corrected chi connectivity index (χ0v) is 17.1. The van der Waals surface area contributed by atoms with Crippen molar-refractivity contribution in [1.82, 2.24) is 5.32 Å². The van der Waals surface area contributed by atoms with Crippen molar-refractivity contribution in [2.75, 3.05) is 0 Å². The number of carboxylic acid groups (broad SMARTS) is 1. The van der Waals surface area contributed by atoms with Gasteiger partial charge in [0.05, 0.1) is 0 Å². The van der Waals surface area contributed by atoms with Crippen LogP contribution < -0.4 is 15.7 Å². The summed E-state index contributed by atoms with van der Waals surface area (Å²) in [6.07, 6.45) is 1.74. The SMILES string of the molecule is C[C@H](Oc1ccc2c3c(c(=O)oc2c1)CCC3)C(=O)N[C@@H](Cc1ccccc1)C(=O)O. The minimum absolute atomic E-state index is 0.168. The van der Waals surface area contributed by atoms with Crippen molar-refractivity contribution in [2.45, 2.75) is 44.8 Å². The normalized spacial score (nSPS) is 14.6. The van der Waals surface area contributed by atoms with Crippen LogP contribution >= 0.6 is 0 Å². The monoisotopic (exact) mass is 421 g/mol. The fourth-order valence-corrected chi connectivity index (χ4v) is 3.93. The van der Waals surface area contributed by atoms with Crippen LogP contribution in [0.25, 0.3) is 11.0 Å². The third kappa shape index (κ3) is 4.45. The smallest absolute Gasteiger partial charge is 0.339 e. The standard InChI is InChI=1S/C24H23NO6/c1-14(22(26)25-20(23(27)28)12-15-6-3-2-4-7-15)30-16-10-11-18-17-8-5-9-19(17)24(29)31-21(18)13-16/h2-4,6-7,10-11,13-14,20H,5,8-9,12H2,1H3,(H,25,26)(H,27,28)/t14-,20-/m0/s1. The van der Waals surface area contributed by atoms with Crippen molar-refractivity contribution < 1.29 is 23.8 Å². The molecule has 1 amide bonds. The largest absolute Gasteiger partial charge is 0.481 e. The quantitative estimate of drug-likeness (QED) is 0.569. The van der Waals surface area contributed by atoms with E-state index in [4.69, 9.17) is 9.15 Å². The Morgan fingerprint density at radius 3 is 2.61 bits per heavy atom. The van der Waals surface area contributed by atoms with Crippen LogP contribution in [0.4, 0.5) is 0 Å². The lowest BCUT2D eigenvalue weighted by atomic mass is 10.1. The van der Waals surface area contributed by atoms with E-state index in [1.807, 2.05) is 36.4 Å². The van der Waals surface area contributed by atoms with Gasteiger partial charge in [-0.3, -0.25) is 4.79 Å². The lowest BCUT2D eigenvalue weighted by molar-refractivity contribution is -0.142. The van der Waals surface area contributed by atoms with Crippen molar-refractivity contribution in [3.63, 3.8) is 0 Å². The first kappa shape index (κ1) is 20.7. The molecule has 2 aromatic carbocycles. The molecular formula is C24H23NO6. The van der Waals surface area contributed by atoms with Gasteiger partial charge in [0, 0.05) is 23.4 Å². The molecule has 0 saturated carbocycles. The van der Waals surface area contributed by atoms with E-state index in [0.717, 1.165) is 41.3 Å². The second-order valence-corrected chi connectivity index (χ2v) is 7.71. The number of hydrogen-bond donors (Lipinski definition) is 2. The first-order chi connectivity index (χ1) is 14.9. The minimum atomic E-state index is -1.12. The van der Waals surface area contributed by atoms with E-state index in [-0.39, 0.29) is 12.0 Å². The predicted molar refractivity (Wildman–Crippen MR) is 114 cm³/mol. The molecule has 160 valence electrons. The third-order valence-corrected chi connectivity index (χ3v) is 5.52. The molecule has 2 N–H and O–H groups in total. The maximum Gasteiger partial charge on any atom is 0.339 e. The van der Waals surface area contributed by atoms with E-state index in [1.165, 1.54) is 0 Å². The predicted octanol–water partition coefficient (Wildman–Crippen LogP) is 2.86. The Hall–Kier alpha value is -3.61. The van der Waals surface area contributed by atoms with Gasteiger partial charge >= 0.3 is 11.6 Å². The van der Waals surface area contributed by atoms with Gasteiger partial charge in [-0.25, -0.2) is 9.59 Å². The Morgan fingerprint density at radius 1 is 1.13 bits per heavy atom. The molecule has 0 spiro atoms. The molecule has 4 rings (SSSR count).